The summed E-state index contributed by atoms with van der Waals surface area (Å²) in [6, 6.07) is 5.99. The van der Waals surface area contributed by atoms with Crippen LogP contribution in [0.25, 0.3) is 11.3 Å². The maximum atomic E-state index is 13.0. The Morgan fingerprint density at radius 1 is 1.29 bits per heavy atom. The molecule has 1 aromatic heterocycles. The van der Waals surface area contributed by atoms with E-state index in [0.29, 0.717) is 36.8 Å². The van der Waals surface area contributed by atoms with E-state index in [1.165, 1.54) is 23.5 Å². The van der Waals surface area contributed by atoms with Crippen molar-refractivity contribution in [3.05, 3.63) is 35.5 Å². The van der Waals surface area contributed by atoms with Crippen LogP contribution >= 0.6 is 11.3 Å². The molecule has 0 aliphatic carbocycles. The Morgan fingerprint density at radius 2 is 1.96 bits per heavy atom. The first-order chi connectivity index (χ1) is 13.4. The Hall–Kier alpha value is -2.36. The van der Waals surface area contributed by atoms with Crippen LogP contribution < -0.4 is 5.32 Å². The highest BCUT2D eigenvalue weighted by Gasteiger charge is 2.22. The standard InChI is InChI=1S/C19H23FN4O3S/c1-23(11-18(27)24-8-6-15(25)7-9-24)10-17(26)22-19-21-16(12-28-19)13-2-4-14(20)5-3-13/h2-5,12,15,25H,6-11H2,1H3,(H,21,22,26). The lowest BCUT2D eigenvalue weighted by atomic mass is 10.1. The second-order valence-electron chi connectivity index (χ2n) is 6.88. The zero-order valence-corrected chi connectivity index (χ0v) is 16.4. The summed E-state index contributed by atoms with van der Waals surface area (Å²) >= 11 is 1.29. The topological polar surface area (TPSA) is 85.8 Å². The molecule has 0 spiro atoms. The molecule has 1 fully saturated rings. The monoisotopic (exact) mass is 406 g/mol. The van der Waals surface area contributed by atoms with Gasteiger partial charge in [-0.3, -0.25) is 14.5 Å². The molecule has 2 aromatic rings. The number of amides is 2. The molecule has 2 heterocycles. The number of rotatable bonds is 6. The number of aliphatic hydroxyl groups excluding tert-OH is 1. The van der Waals surface area contributed by atoms with Gasteiger partial charge in [0, 0.05) is 24.0 Å². The number of halogens is 1. The molecule has 7 nitrogen and oxygen atoms in total. The van der Waals surface area contributed by atoms with E-state index in [9.17, 15) is 19.1 Å². The Labute approximate surface area is 166 Å². The first kappa shape index (κ1) is 20.4. The minimum atomic E-state index is -0.328. The molecule has 2 amide bonds. The number of hydrogen-bond acceptors (Lipinski definition) is 6. The molecule has 0 saturated carbocycles. The van der Waals surface area contributed by atoms with Crippen LogP contribution in [0, 0.1) is 5.82 Å². The van der Waals surface area contributed by atoms with Crippen LogP contribution in [0.1, 0.15) is 12.8 Å². The van der Waals surface area contributed by atoms with Crippen molar-refractivity contribution in [2.45, 2.75) is 18.9 Å². The number of nitrogens with one attached hydrogen (secondary N) is 1. The summed E-state index contributed by atoms with van der Waals surface area (Å²) in [6.45, 7) is 1.30. The highest BCUT2D eigenvalue weighted by molar-refractivity contribution is 7.14. The van der Waals surface area contributed by atoms with Gasteiger partial charge in [0.15, 0.2) is 5.13 Å². The highest BCUT2D eigenvalue weighted by atomic mass is 32.1. The third-order valence-electron chi connectivity index (χ3n) is 4.53. The normalized spacial score (nSPS) is 15.1. The number of carbonyl (C=O) groups is 2. The van der Waals surface area contributed by atoms with Gasteiger partial charge >= 0.3 is 0 Å². The predicted molar refractivity (Wildman–Crippen MR) is 105 cm³/mol. The van der Waals surface area contributed by atoms with Gasteiger partial charge in [0.1, 0.15) is 5.82 Å². The summed E-state index contributed by atoms with van der Waals surface area (Å²) in [5.74, 6) is -0.620. The van der Waals surface area contributed by atoms with E-state index in [1.807, 2.05) is 0 Å². The number of likely N-dealkylation sites (tertiary alicyclic amines) is 1. The molecule has 1 aromatic carbocycles. The summed E-state index contributed by atoms with van der Waals surface area (Å²) in [5, 5.41) is 14.5. The molecule has 0 atom stereocenters. The van der Waals surface area contributed by atoms with Crippen LogP contribution in [0.3, 0.4) is 0 Å². The number of thiazole rings is 1. The number of carbonyl (C=O) groups excluding carboxylic acids is 2. The van der Waals surface area contributed by atoms with Crippen molar-refractivity contribution in [3.63, 3.8) is 0 Å². The maximum absolute atomic E-state index is 13.0. The van der Waals surface area contributed by atoms with Gasteiger partial charge in [0.05, 0.1) is 24.9 Å². The van der Waals surface area contributed by atoms with E-state index in [0.717, 1.165) is 5.56 Å². The van der Waals surface area contributed by atoms with Gasteiger partial charge in [-0.15, -0.1) is 11.3 Å². The maximum Gasteiger partial charge on any atom is 0.240 e. The number of hydrogen-bond donors (Lipinski definition) is 2. The summed E-state index contributed by atoms with van der Waals surface area (Å²) in [6.07, 6.45) is 0.859. The fraction of sp³-hybridized carbons (Fsp3) is 0.421. The Balaban J connectivity index is 1.47. The minimum absolute atomic E-state index is 0.0463. The largest absolute Gasteiger partial charge is 0.393 e. The van der Waals surface area contributed by atoms with E-state index >= 15 is 0 Å². The van der Waals surface area contributed by atoms with Crippen molar-refractivity contribution in [1.29, 1.82) is 0 Å². The molecule has 0 radical (unpaired) electrons. The first-order valence-electron chi connectivity index (χ1n) is 9.06. The molecule has 9 heteroatoms. The van der Waals surface area contributed by atoms with Crippen molar-refractivity contribution < 1.29 is 19.1 Å². The lowest BCUT2D eigenvalue weighted by molar-refractivity contribution is -0.134. The van der Waals surface area contributed by atoms with Crippen LogP contribution in [-0.4, -0.2) is 71.0 Å². The number of piperidine rings is 1. The zero-order valence-electron chi connectivity index (χ0n) is 15.6. The van der Waals surface area contributed by atoms with Gasteiger partial charge in [0.2, 0.25) is 11.8 Å². The van der Waals surface area contributed by atoms with Crippen LogP contribution in [-0.2, 0) is 9.59 Å². The Kier molecular flexibility index (Phi) is 6.71. The summed E-state index contributed by atoms with van der Waals surface area (Å²) in [5.41, 5.74) is 1.43. The zero-order chi connectivity index (χ0) is 20.1. The smallest absolute Gasteiger partial charge is 0.240 e. The van der Waals surface area contributed by atoms with Crippen LogP contribution in [0.5, 0.6) is 0 Å². The second-order valence-corrected chi connectivity index (χ2v) is 7.74. The molecular weight excluding hydrogens is 383 g/mol. The number of anilines is 1. The molecule has 3 rings (SSSR count). The van der Waals surface area contributed by atoms with Crippen LogP contribution in [0.2, 0.25) is 0 Å². The van der Waals surface area contributed by atoms with E-state index in [-0.39, 0.29) is 36.8 Å². The molecule has 28 heavy (non-hydrogen) atoms. The molecular formula is C19H23FN4O3S. The summed E-state index contributed by atoms with van der Waals surface area (Å²) in [7, 11) is 1.71. The highest BCUT2D eigenvalue weighted by Crippen LogP contribution is 2.25. The third kappa shape index (κ3) is 5.57. The minimum Gasteiger partial charge on any atom is -0.393 e. The average molecular weight is 406 g/mol. The fourth-order valence-electron chi connectivity index (χ4n) is 2.99. The Bertz CT molecular complexity index is 819. The summed E-state index contributed by atoms with van der Waals surface area (Å²) < 4.78 is 13.0. The van der Waals surface area contributed by atoms with E-state index < -0.39 is 0 Å². The number of likely N-dealkylation sites (N-methyl/N-ethyl adjacent to an activating group) is 1. The molecule has 1 aliphatic heterocycles. The predicted octanol–water partition coefficient (Wildman–Crippen LogP) is 1.80. The lowest BCUT2D eigenvalue weighted by Gasteiger charge is -2.30. The van der Waals surface area contributed by atoms with Gasteiger partial charge in [-0.1, -0.05) is 0 Å². The van der Waals surface area contributed by atoms with Gasteiger partial charge in [-0.25, -0.2) is 9.37 Å². The molecule has 0 bridgehead atoms. The van der Waals surface area contributed by atoms with Gasteiger partial charge in [-0.2, -0.15) is 0 Å². The lowest BCUT2D eigenvalue weighted by Crippen LogP contribution is -2.45. The molecule has 2 N–H and O–H groups in total. The van der Waals surface area contributed by atoms with Crippen molar-refractivity contribution in [3.8, 4) is 11.3 Å². The van der Waals surface area contributed by atoms with Crippen molar-refractivity contribution in [2.75, 3.05) is 38.5 Å². The fourth-order valence-corrected chi connectivity index (χ4v) is 3.73. The van der Waals surface area contributed by atoms with Gasteiger partial charge in [-0.05, 0) is 44.2 Å². The number of benzene rings is 1. The molecule has 1 aliphatic rings. The first-order valence-corrected chi connectivity index (χ1v) is 9.94. The molecule has 0 unspecified atom stereocenters. The number of nitrogens with zero attached hydrogens (tertiary/aromatic N) is 3. The van der Waals surface area contributed by atoms with Crippen molar-refractivity contribution >= 4 is 28.3 Å². The van der Waals surface area contributed by atoms with Gasteiger partial charge in [0.25, 0.3) is 0 Å². The van der Waals surface area contributed by atoms with E-state index in [4.69, 9.17) is 0 Å². The SMILES string of the molecule is CN(CC(=O)Nc1nc(-c2ccc(F)cc2)cs1)CC(=O)N1CCC(O)CC1. The summed E-state index contributed by atoms with van der Waals surface area (Å²) in [4.78, 5) is 32.2. The third-order valence-corrected chi connectivity index (χ3v) is 5.28. The van der Waals surface area contributed by atoms with Crippen LogP contribution in [0.15, 0.2) is 29.6 Å². The van der Waals surface area contributed by atoms with Crippen LogP contribution in [0.4, 0.5) is 9.52 Å². The quantitative estimate of drug-likeness (QED) is 0.764. The molecule has 150 valence electrons. The van der Waals surface area contributed by atoms with Gasteiger partial charge < -0.3 is 15.3 Å². The Morgan fingerprint density at radius 3 is 2.64 bits per heavy atom. The second kappa shape index (κ2) is 9.22. The number of aliphatic hydroxyl groups is 1. The van der Waals surface area contributed by atoms with Crippen molar-refractivity contribution in [2.24, 2.45) is 0 Å². The van der Waals surface area contributed by atoms with Crippen molar-refractivity contribution in [1.82, 2.24) is 14.8 Å². The van der Waals surface area contributed by atoms with E-state index in [2.05, 4.69) is 10.3 Å². The van der Waals surface area contributed by atoms with E-state index in [1.54, 1.807) is 34.4 Å². The number of aromatic nitrogens is 1. The average Bonchev–Trinajstić information content (AvgIpc) is 3.10. The molecule has 1 saturated heterocycles.